The monoisotopic (exact) mass is 242 g/mol. The lowest BCUT2D eigenvalue weighted by atomic mass is 10.1. The van der Waals surface area contributed by atoms with Crippen LogP contribution in [0, 0.1) is 0 Å². The fourth-order valence-corrected chi connectivity index (χ4v) is 1.71. The van der Waals surface area contributed by atoms with Crippen molar-refractivity contribution >= 4 is 0 Å². The van der Waals surface area contributed by atoms with Gasteiger partial charge in [0.2, 0.25) is 5.85 Å². The number of H-pyrrole nitrogens is 1. The summed E-state index contributed by atoms with van der Waals surface area (Å²) in [7, 11) is 0. The number of alkyl halides is 1. The molecule has 2 atom stereocenters. The fraction of sp³-hybridized carbons (Fsp3) is 0.400. The molecular weight excluding hydrogens is 231 g/mol. The van der Waals surface area contributed by atoms with E-state index in [1.54, 1.807) is 0 Å². The standard InChI is InChI=1S/C10H11FN2O4/c1-6-4-10(11,5-14)17-8(6)13-3-2-7(15)12-9(13)16/h2-3,8,14H,1,4-5H2,(H,12,15,16)/t8-,10+/m1/s1. The van der Waals surface area contributed by atoms with E-state index in [0.29, 0.717) is 5.57 Å². The van der Waals surface area contributed by atoms with Gasteiger partial charge in [-0.25, -0.2) is 9.18 Å². The number of aromatic nitrogens is 2. The van der Waals surface area contributed by atoms with Gasteiger partial charge in [0.1, 0.15) is 6.61 Å². The van der Waals surface area contributed by atoms with Crippen LogP contribution in [-0.4, -0.2) is 27.1 Å². The average molecular weight is 242 g/mol. The topological polar surface area (TPSA) is 84.3 Å². The molecule has 17 heavy (non-hydrogen) atoms. The van der Waals surface area contributed by atoms with Crippen LogP contribution in [0.1, 0.15) is 12.6 Å². The van der Waals surface area contributed by atoms with Gasteiger partial charge >= 0.3 is 5.69 Å². The summed E-state index contributed by atoms with van der Waals surface area (Å²) in [6.07, 6.45) is -0.0173. The quantitative estimate of drug-likeness (QED) is 0.695. The van der Waals surface area contributed by atoms with Crippen LogP contribution < -0.4 is 11.2 Å². The van der Waals surface area contributed by atoms with Crippen molar-refractivity contribution in [1.29, 1.82) is 0 Å². The van der Waals surface area contributed by atoms with Crippen molar-refractivity contribution in [3.05, 3.63) is 45.3 Å². The number of rotatable bonds is 2. The molecule has 2 N–H and O–H groups in total. The lowest BCUT2D eigenvalue weighted by molar-refractivity contribution is -0.175. The maximum atomic E-state index is 13.7. The molecule has 92 valence electrons. The van der Waals surface area contributed by atoms with Crippen LogP contribution in [-0.2, 0) is 4.74 Å². The molecular formula is C10H11FN2O4. The number of hydrogen-bond donors (Lipinski definition) is 2. The highest BCUT2D eigenvalue weighted by Gasteiger charge is 2.43. The molecule has 1 fully saturated rings. The van der Waals surface area contributed by atoms with Gasteiger partial charge in [0.25, 0.3) is 5.56 Å². The van der Waals surface area contributed by atoms with Crippen LogP contribution in [0.15, 0.2) is 34.0 Å². The third-order valence-electron chi connectivity index (χ3n) is 2.50. The molecule has 0 aliphatic carbocycles. The van der Waals surface area contributed by atoms with Crippen molar-refractivity contribution in [2.75, 3.05) is 6.61 Å². The predicted octanol–water partition coefficient (Wildman–Crippen LogP) is -0.330. The lowest BCUT2D eigenvalue weighted by Crippen LogP contribution is -2.33. The summed E-state index contributed by atoms with van der Waals surface area (Å²) in [4.78, 5) is 24.4. The molecule has 0 bridgehead atoms. The Morgan fingerprint density at radius 1 is 1.71 bits per heavy atom. The van der Waals surface area contributed by atoms with E-state index >= 15 is 0 Å². The molecule has 1 aromatic heterocycles. The molecule has 0 saturated carbocycles. The smallest absolute Gasteiger partial charge is 0.330 e. The summed E-state index contributed by atoms with van der Waals surface area (Å²) in [6, 6.07) is 1.12. The minimum absolute atomic E-state index is 0.195. The van der Waals surface area contributed by atoms with Crippen LogP contribution in [0.4, 0.5) is 4.39 Å². The zero-order valence-corrected chi connectivity index (χ0v) is 8.85. The Kier molecular flexibility index (Phi) is 2.72. The first-order chi connectivity index (χ1) is 7.95. The van der Waals surface area contributed by atoms with Gasteiger partial charge in [0.05, 0.1) is 0 Å². The number of nitrogens with one attached hydrogen (secondary N) is 1. The number of aliphatic hydroxyl groups is 1. The number of halogens is 1. The van der Waals surface area contributed by atoms with Gasteiger partial charge in [-0.15, -0.1) is 0 Å². The molecule has 0 spiro atoms. The maximum absolute atomic E-state index is 13.7. The molecule has 0 aromatic carbocycles. The second-order valence-corrected chi connectivity index (χ2v) is 3.86. The molecule has 2 rings (SSSR count). The number of ether oxygens (including phenoxy) is 1. The van der Waals surface area contributed by atoms with Crippen molar-refractivity contribution in [1.82, 2.24) is 9.55 Å². The largest absolute Gasteiger partial charge is 0.390 e. The minimum Gasteiger partial charge on any atom is -0.390 e. The van der Waals surface area contributed by atoms with Crippen molar-refractivity contribution in [3.8, 4) is 0 Å². The Morgan fingerprint density at radius 3 is 2.94 bits per heavy atom. The number of aromatic amines is 1. The van der Waals surface area contributed by atoms with Gasteiger partial charge in [-0.3, -0.25) is 14.3 Å². The molecule has 1 aliphatic heterocycles. The summed E-state index contributed by atoms with van der Waals surface area (Å²) >= 11 is 0. The van der Waals surface area contributed by atoms with Crippen LogP contribution >= 0.6 is 0 Å². The van der Waals surface area contributed by atoms with Gasteiger partial charge in [0.15, 0.2) is 6.23 Å². The Hall–Kier alpha value is -1.73. The Bertz CT molecular complexity index is 564. The zero-order valence-electron chi connectivity index (χ0n) is 8.85. The number of aliphatic hydroxyl groups excluding tert-OH is 1. The fourth-order valence-electron chi connectivity index (χ4n) is 1.71. The van der Waals surface area contributed by atoms with E-state index < -0.39 is 29.9 Å². The van der Waals surface area contributed by atoms with Crippen molar-refractivity contribution in [2.45, 2.75) is 18.5 Å². The highest BCUT2D eigenvalue weighted by atomic mass is 19.2. The van der Waals surface area contributed by atoms with Crippen LogP contribution in [0.25, 0.3) is 0 Å². The van der Waals surface area contributed by atoms with E-state index in [0.717, 1.165) is 10.6 Å². The minimum atomic E-state index is -2.22. The Balaban J connectivity index is 2.39. The second kappa shape index (κ2) is 3.94. The van der Waals surface area contributed by atoms with Gasteiger partial charge in [-0.05, 0) is 5.57 Å². The van der Waals surface area contributed by atoms with Crippen LogP contribution in [0.2, 0.25) is 0 Å². The molecule has 7 heteroatoms. The van der Waals surface area contributed by atoms with Crippen LogP contribution in [0.3, 0.4) is 0 Å². The molecule has 1 saturated heterocycles. The van der Waals surface area contributed by atoms with Gasteiger partial charge in [-0.2, -0.15) is 0 Å². The summed E-state index contributed by atoms with van der Waals surface area (Å²) in [6.45, 7) is 2.77. The summed E-state index contributed by atoms with van der Waals surface area (Å²) < 4.78 is 19.7. The normalized spacial score (nSPS) is 28.6. The third-order valence-corrected chi connectivity index (χ3v) is 2.50. The Morgan fingerprint density at radius 2 is 2.41 bits per heavy atom. The Labute approximate surface area is 95.0 Å². The first kappa shape index (κ1) is 11.7. The van der Waals surface area contributed by atoms with E-state index in [1.807, 2.05) is 4.98 Å². The molecule has 6 nitrogen and oxygen atoms in total. The zero-order chi connectivity index (χ0) is 12.6. The molecule has 0 radical (unpaired) electrons. The van der Waals surface area contributed by atoms with Crippen molar-refractivity contribution in [3.63, 3.8) is 0 Å². The highest BCUT2D eigenvalue weighted by Crippen LogP contribution is 2.39. The van der Waals surface area contributed by atoms with E-state index in [2.05, 4.69) is 6.58 Å². The number of hydrogen-bond acceptors (Lipinski definition) is 4. The molecule has 2 heterocycles. The molecule has 0 amide bonds. The van der Waals surface area contributed by atoms with E-state index in [9.17, 15) is 14.0 Å². The first-order valence-electron chi connectivity index (χ1n) is 4.92. The molecule has 1 aliphatic rings. The average Bonchev–Trinajstić information content (AvgIpc) is 2.55. The van der Waals surface area contributed by atoms with Crippen molar-refractivity contribution in [2.24, 2.45) is 0 Å². The molecule has 1 aromatic rings. The number of nitrogens with zero attached hydrogens (tertiary/aromatic N) is 1. The summed E-state index contributed by atoms with van der Waals surface area (Å²) in [5.41, 5.74) is -0.954. The van der Waals surface area contributed by atoms with Crippen molar-refractivity contribution < 1.29 is 14.2 Å². The molecule has 0 unspecified atom stereocenters. The second-order valence-electron chi connectivity index (χ2n) is 3.86. The first-order valence-corrected chi connectivity index (χ1v) is 4.92. The SMILES string of the molecule is C=C1C[C@@](F)(CO)O[C@H]1n1ccc(=O)[nH]c1=O. The lowest BCUT2D eigenvalue weighted by Gasteiger charge is -2.18. The highest BCUT2D eigenvalue weighted by molar-refractivity contribution is 5.10. The summed E-state index contributed by atoms with van der Waals surface area (Å²) in [5, 5.41) is 8.83. The third kappa shape index (κ3) is 2.06. The van der Waals surface area contributed by atoms with Gasteiger partial charge in [-0.1, -0.05) is 6.58 Å². The van der Waals surface area contributed by atoms with E-state index in [-0.39, 0.29) is 6.42 Å². The predicted molar refractivity (Wildman–Crippen MR) is 56.1 cm³/mol. The van der Waals surface area contributed by atoms with E-state index in [1.165, 1.54) is 6.20 Å². The summed E-state index contributed by atoms with van der Waals surface area (Å²) in [5.74, 6) is -2.22. The van der Waals surface area contributed by atoms with Gasteiger partial charge in [0, 0.05) is 18.7 Å². The maximum Gasteiger partial charge on any atom is 0.330 e. The van der Waals surface area contributed by atoms with Gasteiger partial charge < -0.3 is 9.84 Å². The van der Waals surface area contributed by atoms with Crippen LogP contribution in [0.5, 0.6) is 0 Å². The van der Waals surface area contributed by atoms with E-state index in [4.69, 9.17) is 9.84 Å².